The Kier molecular flexibility index (Phi) is 22.9. The second kappa shape index (κ2) is 23.0. The molecular weight excluding hydrogens is 318 g/mol. The minimum atomic E-state index is -0.273. The van der Waals surface area contributed by atoms with E-state index >= 15 is 0 Å². The van der Waals surface area contributed by atoms with E-state index in [1.165, 1.54) is 122 Å². The third kappa shape index (κ3) is 22.0. The van der Waals surface area contributed by atoms with Gasteiger partial charge in [-0.25, -0.2) is 0 Å². The number of unbranched alkanes of at least 4 members (excludes halogenated alkanes) is 19. The molecule has 26 heavy (non-hydrogen) atoms. The van der Waals surface area contributed by atoms with Gasteiger partial charge in [-0.15, -0.1) is 0 Å². The maximum absolute atomic E-state index is 9.38. The maximum Gasteiger partial charge on any atom is 0.0662 e. The summed E-state index contributed by atoms with van der Waals surface area (Å²) < 4.78 is 0. The third-order valence-electron chi connectivity index (χ3n) is 5.66. The molecular formula is C24H51NO. The van der Waals surface area contributed by atoms with Gasteiger partial charge in [0.1, 0.15) is 0 Å². The van der Waals surface area contributed by atoms with Crippen LogP contribution < -0.4 is 5.73 Å². The fourth-order valence-corrected chi connectivity index (χ4v) is 3.75. The first-order chi connectivity index (χ1) is 12.8. The lowest BCUT2D eigenvalue weighted by molar-refractivity contribution is 0.168. The highest BCUT2D eigenvalue weighted by Gasteiger charge is 2.00. The molecule has 1 atom stereocenters. The van der Waals surface area contributed by atoms with Crippen molar-refractivity contribution in [1.29, 1.82) is 0 Å². The molecule has 0 heterocycles. The summed E-state index contributed by atoms with van der Waals surface area (Å²) in [7, 11) is 0. The van der Waals surface area contributed by atoms with Crippen molar-refractivity contribution in [2.24, 2.45) is 5.73 Å². The van der Waals surface area contributed by atoms with E-state index in [9.17, 15) is 5.11 Å². The van der Waals surface area contributed by atoms with E-state index < -0.39 is 0 Å². The highest BCUT2D eigenvalue weighted by Crippen LogP contribution is 2.15. The van der Waals surface area contributed by atoms with Crippen LogP contribution in [0.1, 0.15) is 142 Å². The Balaban J connectivity index is 2.99. The summed E-state index contributed by atoms with van der Waals surface area (Å²) >= 11 is 0. The summed E-state index contributed by atoms with van der Waals surface area (Å²) in [6.45, 7) is 2.71. The van der Waals surface area contributed by atoms with Gasteiger partial charge >= 0.3 is 0 Å². The van der Waals surface area contributed by atoms with Crippen LogP contribution in [0.4, 0.5) is 0 Å². The van der Waals surface area contributed by atoms with Crippen LogP contribution in [0.5, 0.6) is 0 Å². The third-order valence-corrected chi connectivity index (χ3v) is 5.66. The zero-order valence-electron chi connectivity index (χ0n) is 18.2. The SMILES string of the molecule is CCCCCCCCCCCCCCCCCCCCCCC(O)CN. The lowest BCUT2D eigenvalue weighted by atomic mass is 10.0. The molecule has 1 unspecified atom stereocenters. The number of aliphatic hydroxyl groups excluding tert-OH is 1. The van der Waals surface area contributed by atoms with Gasteiger partial charge in [0.05, 0.1) is 6.10 Å². The molecule has 0 radical (unpaired) electrons. The number of hydrogen-bond acceptors (Lipinski definition) is 2. The molecule has 0 aliphatic heterocycles. The van der Waals surface area contributed by atoms with E-state index in [0.29, 0.717) is 6.54 Å². The van der Waals surface area contributed by atoms with Gasteiger partial charge in [0.25, 0.3) is 0 Å². The van der Waals surface area contributed by atoms with Crippen LogP contribution in [-0.4, -0.2) is 17.8 Å². The molecule has 3 N–H and O–H groups in total. The van der Waals surface area contributed by atoms with E-state index in [4.69, 9.17) is 5.73 Å². The van der Waals surface area contributed by atoms with Crippen LogP contribution in [0.15, 0.2) is 0 Å². The lowest BCUT2D eigenvalue weighted by Crippen LogP contribution is -2.19. The first-order valence-corrected chi connectivity index (χ1v) is 12.2. The maximum atomic E-state index is 9.38. The molecule has 0 aromatic heterocycles. The lowest BCUT2D eigenvalue weighted by Gasteiger charge is -2.06. The predicted molar refractivity (Wildman–Crippen MR) is 118 cm³/mol. The summed E-state index contributed by atoms with van der Waals surface area (Å²) in [6.07, 6.45) is 28.8. The van der Waals surface area contributed by atoms with Crippen LogP contribution in [0, 0.1) is 0 Å². The topological polar surface area (TPSA) is 46.2 Å². The van der Waals surface area contributed by atoms with Gasteiger partial charge < -0.3 is 10.8 Å². The Morgan fingerprint density at radius 2 is 0.769 bits per heavy atom. The van der Waals surface area contributed by atoms with Gasteiger partial charge in [-0.05, 0) is 6.42 Å². The van der Waals surface area contributed by atoms with E-state index in [1.54, 1.807) is 0 Å². The minimum Gasteiger partial charge on any atom is -0.392 e. The Labute approximate surface area is 165 Å². The van der Waals surface area contributed by atoms with Gasteiger partial charge in [-0.1, -0.05) is 135 Å². The fraction of sp³-hybridized carbons (Fsp3) is 1.00. The molecule has 0 saturated heterocycles. The van der Waals surface area contributed by atoms with Crippen molar-refractivity contribution in [2.45, 2.75) is 148 Å². The predicted octanol–water partition coefficient (Wildman–Crippen LogP) is 7.52. The van der Waals surface area contributed by atoms with Crippen molar-refractivity contribution < 1.29 is 5.11 Å². The van der Waals surface area contributed by atoms with Crippen molar-refractivity contribution in [2.75, 3.05) is 6.54 Å². The van der Waals surface area contributed by atoms with Crippen LogP contribution in [0.2, 0.25) is 0 Å². The fourth-order valence-electron chi connectivity index (χ4n) is 3.75. The second-order valence-corrected chi connectivity index (χ2v) is 8.40. The van der Waals surface area contributed by atoms with Crippen LogP contribution in [0.25, 0.3) is 0 Å². The summed E-state index contributed by atoms with van der Waals surface area (Å²) in [5.74, 6) is 0. The zero-order valence-corrected chi connectivity index (χ0v) is 18.2. The summed E-state index contributed by atoms with van der Waals surface area (Å²) in [5, 5.41) is 9.38. The Morgan fingerprint density at radius 3 is 1.04 bits per heavy atom. The normalized spacial score (nSPS) is 12.6. The van der Waals surface area contributed by atoms with E-state index in [2.05, 4.69) is 6.92 Å². The molecule has 2 heteroatoms. The number of nitrogens with two attached hydrogens (primary N) is 1. The Morgan fingerprint density at radius 1 is 0.500 bits per heavy atom. The van der Waals surface area contributed by atoms with Crippen molar-refractivity contribution in [3.63, 3.8) is 0 Å². The number of rotatable bonds is 22. The smallest absolute Gasteiger partial charge is 0.0662 e. The average molecular weight is 370 g/mol. The van der Waals surface area contributed by atoms with Gasteiger partial charge in [0, 0.05) is 6.54 Å². The zero-order chi connectivity index (χ0) is 19.1. The summed E-state index contributed by atoms with van der Waals surface area (Å²) in [6, 6.07) is 0. The molecule has 0 aliphatic rings. The molecule has 0 saturated carbocycles. The monoisotopic (exact) mass is 369 g/mol. The molecule has 0 aromatic carbocycles. The first-order valence-electron chi connectivity index (χ1n) is 12.2. The molecule has 0 aromatic rings. The molecule has 0 rings (SSSR count). The van der Waals surface area contributed by atoms with Gasteiger partial charge in [0.15, 0.2) is 0 Å². The Hall–Kier alpha value is -0.0800. The number of hydrogen-bond donors (Lipinski definition) is 2. The van der Waals surface area contributed by atoms with Gasteiger partial charge in [-0.2, -0.15) is 0 Å². The van der Waals surface area contributed by atoms with E-state index in [0.717, 1.165) is 12.8 Å². The molecule has 0 aliphatic carbocycles. The van der Waals surface area contributed by atoms with Gasteiger partial charge in [-0.3, -0.25) is 0 Å². The van der Waals surface area contributed by atoms with Crippen LogP contribution in [0.3, 0.4) is 0 Å². The van der Waals surface area contributed by atoms with Gasteiger partial charge in [0.2, 0.25) is 0 Å². The average Bonchev–Trinajstić information content (AvgIpc) is 2.66. The van der Waals surface area contributed by atoms with Crippen LogP contribution >= 0.6 is 0 Å². The molecule has 0 fully saturated rings. The summed E-state index contributed by atoms with van der Waals surface area (Å²) in [5.41, 5.74) is 5.41. The van der Waals surface area contributed by atoms with Crippen molar-refractivity contribution in [3.8, 4) is 0 Å². The summed E-state index contributed by atoms with van der Waals surface area (Å²) in [4.78, 5) is 0. The van der Waals surface area contributed by atoms with E-state index in [1.807, 2.05) is 0 Å². The minimum absolute atomic E-state index is 0.273. The highest BCUT2D eigenvalue weighted by molar-refractivity contribution is 4.56. The molecule has 0 spiro atoms. The number of aliphatic hydroxyl groups is 1. The van der Waals surface area contributed by atoms with E-state index in [-0.39, 0.29) is 6.10 Å². The largest absolute Gasteiger partial charge is 0.392 e. The van der Waals surface area contributed by atoms with Crippen LogP contribution in [-0.2, 0) is 0 Å². The quantitative estimate of drug-likeness (QED) is 0.194. The van der Waals surface area contributed by atoms with Crippen molar-refractivity contribution in [1.82, 2.24) is 0 Å². The molecule has 158 valence electrons. The molecule has 0 amide bonds. The highest BCUT2D eigenvalue weighted by atomic mass is 16.3. The van der Waals surface area contributed by atoms with Crippen molar-refractivity contribution in [3.05, 3.63) is 0 Å². The Bertz CT molecular complexity index is 244. The molecule has 2 nitrogen and oxygen atoms in total. The second-order valence-electron chi connectivity index (χ2n) is 8.40. The molecule has 0 bridgehead atoms. The standard InChI is InChI=1S/C24H51NO/c1-2-3-4-5-6-7-8-9-10-11-12-13-14-15-16-17-18-19-20-21-22-24(26)23-25/h24,26H,2-23,25H2,1H3. The van der Waals surface area contributed by atoms with Crippen molar-refractivity contribution >= 4 is 0 Å². The first kappa shape index (κ1) is 25.9.